The van der Waals surface area contributed by atoms with Gasteiger partial charge in [0.25, 0.3) is 11.5 Å². The molecule has 0 N–H and O–H groups in total. The second-order valence-corrected chi connectivity index (χ2v) is 7.17. The molecule has 0 spiro atoms. The Morgan fingerprint density at radius 3 is 2.75 bits per heavy atom. The number of fused-ring (bicyclic) bond motifs is 1. The number of carbonyl (C=O) groups excluding carboxylic acids is 2. The Kier molecular flexibility index (Phi) is 6.11. The number of likely N-dealkylation sites (tertiary alicyclic amines) is 1. The summed E-state index contributed by atoms with van der Waals surface area (Å²) in [7, 11) is 0. The van der Waals surface area contributed by atoms with Crippen molar-refractivity contribution in [1.29, 1.82) is 0 Å². The van der Waals surface area contributed by atoms with Gasteiger partial charge in [-0.1, -0.05) is 6.92 Å². The maximum absolute atomic E-state index is 12.5. The van der Waals surface area contributed by atoms with E-state index in [-0.39, 0.29) is 24.1 Å². The van der Waals surface area contributed by atoms with Gasteiger partial charge in [0.05, 0.1) is 16.6 Å². The molecule has 1 fully saturated rings. The molecule has 1 amide bonds. The van der Waals surface area contributed by atoms with Gasteiger partial charge in [-0.2, -0.15) is 0 Å². The van der Waals surface area contributed by atoms with E-state index in [1.807, 2.05) is 11.8 Å². The van der Waals surface area contributed by atoms with E-state index in [4.69, 9.17) is 4.74 Å². The van der Waals surface area contributed by atoms with Gasteiger partial charge in [0.2, 0.25) is 0 Å². The molecule has 7 heteroatoms. The van der Waals surface area contributed by atoms with Crippen LogP contribution in [0.5, 0.6) is 0 Å². The van der Waals surface area contributed by atoms with E-state index < -0.39 is 5.97 Å². The number of amides is 1. The smallest absolute Gasteiger partial charge is 0.338 e. The summed E-state index contributed by atoms with van der Waals surface area (Å²) in [6.45, 7) is 6.60. The maximum atomic E-state index is 12.5. The second kappa shape index (κ2) is 8.54. The van der Waals surface area contributed by atoms with Gasteiger partial charge in [0, 0.05) is 19.1 Å². The molecule has 1 aliphatic heterocycles. The van der Waals surface area contributed by atoms with E-state index in [0.717, 1.165) is 32.2 Å². The molecule has 1 aromatic heterocycles. The third kappa shape index (κ3) is 3.93. The number of piperidine rings is 1. The molecule has 150 valence electrons. The standard InChI is InChI=1S/C21H27N3O4/c1-4-16-8-6-7-11-24(16)19(25)13-28-21(27)15-9-10-18-17(12-15)22-14(3)20(26)23(18)5-2/h9-10,12,16H,4-8,11,13H2,1-3H3/t16-/m0/s1. The molecule has 0 radical (unpaired) electrons. The Hall–Kier alpha value is -2.70. The van der Waals surface area contributed by atoms with E-state index in [9.17, 15) is 14.4 Å². The molecule has 2 aromatic rings. The Labute approximate surface area is 164 Å². The zero-order valence-corrected chi connectivity index (χ0v) is 16.7. The van der Waals surface area contributed by atoms with E-state index in [1.165, 1.54) is 0 Å². The van der Waals surface area contributed by atoms with Crippen LogP contribution in [0.4, 0.5) is 0 Å². The number of aryl methyl sites for hydroxylation is 2. The van der Waals surface area contributed by atoms with Gasteiger partial charge in [-0.25, -0.2) is 9.78 Å². The van der Waals surface area contributed by atoms with Gasteiger partial charge in [-0.05, 0) is 57.7 Å². The van der Waals surface area contributed by atoms with Crippen LogP contribution in [0, 0.1) is 6.92 Å². The highest BCUT2D eigenvalue weighted by molar-refractivity contribution is 5.94. The maximum Gasteiger partial charge on any atom is 0.338 e. The summed E-state index contributed by atoms with van der Waals surface area (Å²) in [6.07, 6.45) is 4.04. The fourth-order valence-corrected chi connectivity index (χ4v) is 3.86. The lowest BCUT2D eigenvalue weighted by atomic mass is 10.00. The lowest BCUT2D eigenvalue weighted by Gasteiger charge is -2.35. The highest BCUT2D eigenvalue weighted by atomic mass is 16.5. The van der Waals surface area contributed by atoms with Gasteiger partial charge in [0.1, 0.15) is 5.69 Å². The minimum absolute atomic E-state index is 0.136. The van der Waals surface area contributed by atoms with Crippen LogP contribution >= 0.6 is 0 Å². The van der Waals surface area contributed by atoms with Crippen molar-refractivity contribution in [1.82, 2.24) is 14.5 Å². The molecular weight excluding hydrogens is 358 g/mol. The zero-order valence-electron chi connectivity index (χ0n) is 16.7. The highest BCUT2D eigenvalue weighted by Crippen LogP contribution is 2.20. The normalized spacial score (nSPS) is 17.0. The molecular formula is C21H27N3O4. The Balaban J connectivity index is 1.74. The molecule has 2 heterocycles. The van der Waals surface area contributed by atoms with Crippen LogP contribution in [-0.4, -0.2) is 45.5 Å². The predicted molar refractivity (Wildman–Crippen MR) is 106 cm³/mol. The van der Waals surface area contributed by atoms with Crippen LogP contribution in [0.3, 0.4) is 0 Å². The molecule has 0 unspecified atom stereocenters. The minimum Gasteiger partial charge on any atom is -0.452 e. The Bertz CT molecular complexity index is 951. The molecule has 1 atom stereocenters. The SMILES string of the molecule is CC[C@H]1CCCCN1C(=O)COC(=O)c1ccc2c(c1)nc(C)c(=O)n2CC. The van der Waals surface area contributed by atoms with Crippen LogP contribution in [0.15, 0.2) is 23.0 Å². The van der Waals surface area contributed by atoms with Gasteiger partial charge in [-0.15, -0.1) is 0 Å². The first-order chi connectivity index (χ1) is 13.5. The zero-order chi connectivity index (χ0) is 20.3. The molecule has 28 heavy (non-hydrogen) atoms. The Morgan fingerprint density at radius 1 is 1.25 bits per heavy atom. The highest BCUT2D eigenvalue weighted by Gasteiger charge is 2.26. The van der Waals surface area contributed by atoms with Crippen molar-refractivity contribution in [2.24, 2.45) is 0 Å². The second-order valence-electron chi connectivity index (χ2n) is 7.17. The lowest BCUT2D eigenvalue weighted by Crippen LogP contribution is -2.45. The largest absolute Gasteiger partial charge is 0.452 e. The fourth-order valence-electron chi connectivity index (χ4n) is 3.86. The van der Waals surface area contributed by atoms with E-state index >= 15 is 0 Å². The van der Waals surface area contributed by atoms with Crippen molar-refractivity contribution in [3.63, 3.8) is 0 Å². The summed E-state index contributed by atoms with van der Waals surface area (Å²) in [6, 6.07) is 5.14. The summed E-state index contributed by atoms with van der Waals surface area (Å²) in [5.74, 6) is -0.705. The van der Waals surface area contributed by atoms with Crippen LogP contribution in [0.2, 0.25) is 0 Å². The van der Waals surface area contributed by atoms with Gasteiger partial charge in [0.15, 0.2) is 6.61 Å². The molecule has 0 saturated carbocycles. The molecule has 1 aliphatic rings. The van der Waals surface area contributed by atoms with Gasteiger partial charge >= 0.3 is 5.97 Å². The number of rotatable bonds is 5. The van der Waals surface area contributed by atoms with Gasteiger partial charge < -0.3 is 14.2 Å². The van der Waals surface area contributed by atoms with Gasteiger partial charge in [-0.3, -0.25) is 9.59 Å². The topological polar surface area (TPSA) is 81.5 Å². The van der Waals surface area contributed by atoms with Crippen molar-refractivity contribution in [3.05, 3.63) is 39.8 Å². The molecule has 0 aliphatic carbocycles. The van der Waals surface area contributed by atoms with E-state index in [1.54, 1.807) is 29.7 Å². The van der Waals surface area contributed by atoms with Crippen molar-refractivity contribution < 1.29 is 14.3 Å². The van der Waals surface area contributed by atoms with E-state index in [0.29, 0.717) is 28.8 Å². The molecule has 1 saturated heterocycles. The molecule has 1 aromatic carbocycles. The van der Waals surface area contributed by atoms with Crippen LogP contribution < -0.4 is 5.56 Å². The Morgan fingerprint density at radius 2 is 2.04 bits per heavy atom. The summed E-state index contributed by atoms with van der Waals surface area (Å²) >= 11 is 0. The fraction of sp³-hybridized carbons (Fsp3) is 0.524. The number of hydrogen-bond acceptors (Lipinski definition) is 5. The van der Waals surface area contributed by atoms with Crippen molar-refractivity contribution in [3.8, 4) is 0 Å². The summed E-state index contributed by atoms with van der Waals surface area (Å²) in [5.41, 5.74) is 1.79. The number of ether oxygens (including phenoxy) is 1. The summed E-state index contributed by atoms with van der Waals surface area (Å²) in [4.78, 5) is 43.2. The van der Waals surface area contributed by atoms with Crippen molar-refractivity contribution in [2.45, 2.75) is 59.0 Å². The minimum atomic E-state index is -0.561. The number of carbonyl (C=O) groups is 2. The summed E-state index contributed by atoms with van der Waals surface area (Å²) in [5, 5.41) is 0. The van der Waals surface area contributed by atoms with Crippen LogP contribution in [0.1, 0.15) is 55.6 Å². The number of benzene rings is 1. The third-order valence-corrected chi connectivity index (χ3v) is 5.41. The average molecular weight is 385 g/mol. The monoisotopic (exact) mass is 385 g/mol. The third-order valence-electron chi connectivity index (χ3n) is 5.41. The number of hydrogen-bond donors (Lipinski definition) is 0. The van der Waals surface area contributed by atoms with E-state index in [2.05, 4.69) is 11.9 Å². The molecule has 0 bridgehead atoms. The quantitative estimate of drug-likeness (QED) is 0.739. The number of esters is 1. The van der Waals surface area contributed by atoms with Crippen LogP contribution in [0.25, 0.3) is 11.0 Å². The first kappa shape index (κ1) is 20.0. The summed E-state index contributed by atoms with van der Waals surface area (Å²) < 4.78 is 6.89. The first-order valence-electron chi connectivity index (χ1n) is 9.94. The molecule has 7 nitrogen and oxygen atoms in total. The van der Waals surface area contributed by atoms with Crippen molar-refractivity contribution >= 4 is 22.9 Å². The van der Waals surface area contributed by atoms with Crippen molar-refractivity contribution in [2.75, 3.05) is 13.2 Å². The average Bonchev–Trinajstić information content (AvgIpc) is 2.72. The van der Waals surface area contributed by atoms with Crippen LogP contribution in [-0.2, 0) is 16.1 Å². The predicted octanol–water partition coefficient (Wildman–Crippen LogP) is 2.67. The lowest BCUT2D eigenvalue weighted by molar-refractivity contribution is -0.138. The number of aromatic nitrogens is 2. The number of nitrogens with zero attached hydrogens (tertiary/aromatic N) is 3. The first-order valence-corrected chi connectivity index (χ1v) is 9.94. The molecule has 3 rings (SSSR count).